The average Bonchev–Trinajstić information content (AvgIpc) is 2.61. The van der Waals surface area contributed by atoms with E-state index in [2.05, 4.69) is 10.3 Å². The van der Waals surface area contributed by atoms with Crippen molar-refractivity contribution in [3.05, 3.63) is 20.3 Å². The van der Waals surface area contributed by atoms with Gasteiger partial charge in [0.15, 0.2) is 0 Å². The van der Waals surface area contributed by atoms with Gasteiger partial charge in [0.25, 0.3) is 0 Å². The summed E-state index contributed by atoms with van der Waals surface area (Å²) < 4.78 is 0.698. The molecule has 0 radical (unpaired) electrons. The molecule has 5 heteroatoms. The van der Waals surface area contributed by atoms with Crippen molar-refractivity contribution in [3.63, 3.8) is 0 Å². The molecular weight excluding hydrogens is 263 g/mol. The molecule has 1 atom stereocenters. The van der Waals surface area contributed by atoms with E-state index in [1.54, 1.807) is 0 Å². The highest BCUT2D eigenvalue weighted by Crippen LogP contribution is 2.33. The maximum absolute atomic E-state index is 6.13. The molecule has 1 unspecified atom stereocenters. The van der Waals surface area contributed by atoms with E-state index in [1.165, 1.54) is 24.2 Å². The molecule has 0 bridgehead atoms. The fraction of sp³-hybridized carbons (Fsp3) is 0.636. The minimum atomic E-state index is 0.640. The van der Waals surface area contributed by atoms with Crippen LogP contribution in [-0.4, -0.2) is 24.5 Å². The van der Waals surface area contributed by atoms with Crippen LogP contribution in [-0.2, 0) is 6.54 Å². The lowest BCUT2D eigenvalue weighted by molar-refractivity contribution is 0.171. The molecule has 2 heterocycles. The number of halogens is 2. The van der Waals surface area contributed by atoms with Crippen LogP contribution in [0, 0.1) is 5.92 Å². The van der Waals surface area contributed by atoms with Crippen LogP contribution in [0.4, 0.5) is 0 Å². The fourth-order valence-corrected chi connectivity index (χ4v) is 3.43. The Balaban J connectivity index is 1.96. The zero-order valence-corrected chi connectivity index (χ0v) is 11.4. The first kappa shape index (κ1) is 12.7. The normalized spacial score (nSPS) is 22.6. The van der Waals surface area contributed by atoms with E-state index in [0.29, 0.717) is 10.3 Å². The third kappa shape index (κ3) is 2.90. The molecule has 1 saturated heterocycles. The van der Waals surface area contributed by atoms with Gasteiger partial charge < -0.3 is 5.73 Å². The van der Waals surface area contributed by atoms with Crippen molar-refractivity contribution in [2.75, 3.05) is 19.6 Å². The first-order valence-corrected chi connectivity index (χ1v) is 7.18. The van der Waals surface area contributed by atoms with Crippen molar-refractivity contribution < 1.29 is 0 Å². The zero-order chi connectivity index (χ0) is 11.5. The summed E-state index contributed by atoms with van der Waals surface area (Å²) in [5, 5.41) is 2.78. The second kappa shape index (κ2) is 5.69. The Morgan fingerprint density at radius 2 is 2.31 bits per heavy atom. The molecule has 0 amide bonds. The van der Waals surface area contributed by atoms with Gasteiger partial charge in [0.05, 0.1) is 5.02 Å². The van der Waals surface area contributed by atoms with Gasteiger partial charge in [-0.1, -0.05) is 23.2 Å². The summed E-state index contributed by atoms with van der Waals surface area (Å²) in [6.45, 7) is 3.91. The number of rotatable bonds is 3. The first-order chi connectivity index (χ1) is 7.70. The summed E-state index contributed by atoms with van der Waals surface area (Å²) >= 11 is 13.6. The number of hydrogen-bond acceptors (Lipinski definition) is 3. The topological polar surface area (TPSA) is 29.3 Å². The van der Waals surface area contributed by atoms with Crippen molar-refractivity contribution in [2.24, 2.45) is 11.7 Å². The lowest BCUT2D eigenvalue weighted by Gasteiger charge is -2.31. The third-order valence-corrected chi connectivity index (χ3v) is 5.00. The Bertz CT molecular complexity index is 354. The first-order valence-electron chi connectivity index (χ1n) is 5.54. The summed E-state index contributed by atoms with van der Waals surface area (Å²) in [4.78, 5) is 2.42. The lowest BCUT2D eigenvalue weighted by Crippen LogP contribution is -2.37. The van der Waals surface area contributed by atoms with E-state index in [4.69, 9.17) is 28.9 Å². The summed E-state index contributed by atoms with van der Waals surface area (Å²) in [6, 6.07) is 0. The molecule has 0 saturated carbocycles. The number of nitrogens with zero attached hydrogens (tertiary/aromatic N) is 1. The van der Waals surface area contributed by atoms with E-state index in [0.717, 1.165) is 36.8 Å². The van der Waals surface area contributed by atoms with Crippen LogP contribution in [0.15, 0.2) is 5.38 Å². The van der Waals surface area contributed by atoms with Crippen molar-refractivity contribution >= 4 is 34.5 Å². The van der Waals surface area contributed by atoms with Crippen LogP contribution in [0.25, 0.3) is 0 Å². The van der Waals surface area contributed by atoms with E-state index < -0.39 is 0 Å². The molecule has 0 aliphatic carbocycles. The Morgan fingerprint density at radius 3 is 2.94 bits per heavy atom. The van der Waals surface area contributed by atoms with Gasteiger partial charge in [-0.3, -0.25) is 4.90 Å². The van der Waals surface area contributed by atoms with Gasteiger partial charge in [-0.05, 0) is 42.8 Å². The Morgan fingerprint density at radius 1 is 1.50 bits per heavy atom. The lowest BCUT2D eigenvalue weighted by atomic mass is 9.98. The Hall–Kier alpha value is 0.200. The summed E-state index contributed by atoms with van der Waals surface area (Å²) in [7, 11) is 0. The molecule has 2 rings (SSSR count). The Kier molecular flexibility index (Phi) is 4.50. The van der Waals surface area contributed by atoms with Crippen LogP contribution < -0.4 is 5.73 Å². The fourth-order valence-electron chi connectivity index (χ4n) is 2.19. The summed E-state index contributed by atoms with van der Waals surface area (Å²) in [5.74, 6) is 0.640. The van der Waals surface area contributed by atoms with E-state index in [1.807, 2.05) is 0 Å². The van der Waals surface area contributed by atoms with Crippen molar-refractivity contribution in [1.82, 2.24) is 4.90 Å². The monoisotopic (exact) mass is 278 g/mol. The molecule has 1 aromatic heterocycles. The van der Waals surface area contributed by atoms with Crippen LogP contribution >= 0.6 is 34.5 Å². The second-order valence-corrected chi connectivity index (χ2v) is 6.19. The molecule has 2 nitrogen and oxygen atoms in total. The van der Waals surface area contributed by atoms with Gasteiger partial charge in [0.1, 0.15) is 4.34 Å². The number of nitrogens with two attached hydrogens (primary N) is 1. The van der Waals surface area contributed by atoms with Gasteiger partial charge in [-0.15, -0.1) is 11.3 Å². The highest BCUT2D eigenvalue weighted by Gasteiger charge is 2.20. The SMILES string of the molecule is NCC1CCCN(Cc2csc(Cl)c2Cl)C1. The van der Waals surface area contributed by atoms with E-state index in [9.17, 15) is 0 Å². The minimum absolute atomic E-state index is 0.640. The molecule has 1 aromatic rings. The molecule has 0 aromatic carbocycles. The van der Waals surface area contributed by atoms with E-state index in [-0.39, 0.29) is 0 Å². The van der Waals surface area contributed by atoms with Crippen molar-refractivity contribution in [2.45, 2.75) is 19.4 Å². The summed E-state index contributed by atoms with van der Waals surface area (Å²) in [5.41, 5.74) is 6.87. The van der Waals surface area contributed by atoms with Crippen LogP contribution in [0.3, 0.4) is 0 Å². The predicted octanol–water partition coefficient (Wildman–Crippen LogP) is 3.23. The predicted molar refractivity (Wildman–Crippen MR) is 71.4 cm³/mol. The van der Waals surface area contributed by atoms with Crippen LogP contribution in [0.1, 0.15) is 18.4 Å². The molecule has 2 N–H and O–H groups in total. The molecule has 1 aliphatic rings. The summed E-state index contributed by atoms with van der Waals surface area (Å²) in [6.07, 6.45) is 2.49. The molecule has 0 spiro atoms. The van der Waals surface area contributed by atoms with Gasteiger partial charge in [-0.25, -0.2) is 0 Å². The molecular formula is C11H16Cl2N2S. The largest absolute Gasteiger partial charge is 0.330 e. The zero-order valence-electron chi connectivity index (χ0n) is 9.09. The third-order valence-electron chi connectivity index (χ3n) is 3.09. The van der Waals surface area contributed by atoms with Crippen molar-refractivity contribution in [1.29, 1.82) is 0 Å². The van der Waals surface area contributed by atoms with E-state index >= 15 is 0 Å². The second-order valence-electron chi connectivity index (χ2n) is 4.33. The maximum Gasteiger partial charge on any atom is 0.112 e. The average molecular weight is 279 g/mol. The minimum Gasteiger partial charge on any atom is -0.330 e. The number of hydrogen-bond donors (Lipinski definition) is 1. The van der Waals surface area contributed by atoms with Gasteiger partial charge in [0.2, 0.25) is 0 Å². The van der Waals surface area contributed by atoms with Gasteiger partial charge in [-0.2, -0.15) is 0 Å². The molecule has 1 aliphatic heterocycles. The van der Waals surface area contributed by atoms with Crippen molar-refractivity contribution in [3.8, 4) is 0 Å². The highest BCUT2D eigenvalue weighted by atomic mass is 35.5. The van der Waals surface area contributed by atoms with Gasteiger partial charge >= 0.3 is 0 Å². The maximum atomic E-state index is 6.13. The molecule has 90 valence electrons. The number of piperidine rings is 1. The van der Waals surface area contributed by atoms with Crippen LogP contribution in [0.5, 0.6) is 0 Å². The molecule has 1 fully saturated rings. The smallest absolute Gasteiger partial charge is 0.112 e. The number of thiophene rings is 1. The standard InChI is InChI=1S/C11H16Cl2N2S/c12-10-9(7-16-11(10)13)6-15-3-1-2-8(4-14)5-15/h7-8H,1-6,14H2. The molecule has 16 heavy (non-hydrogen) atoms. The van der Waals surface area contributed by atoms with Gasteiger partial charge in [0, 0.05) is 13.1 Å². The highest BCUT2D eigenvalue weighted by molar-refractivity contribution is 7.15. The number of likely N-dealkylation sites (tertiary alicyclic amines) is 1. The Labute approximate surface area is 110 Å². The van der Waals surface area contributed by atoms with Crippen LogP contribution in [0.2, 0.25) is 9.36 Å². The quantitative estimate of drug-likeness (QED) is 0.920.